The fourth-order valence-electron chi connectivity index (χ4n) is 5.34. The Morgan fingerprint density at radius 1 is 0.925 bits per heavy atom. The van der Waals surface area contributed by atoms with Crippen molar-refractivity contribution in [3.05, 3.63) is 47.7 Å². The van der Waals surface area contributed by atoms with Crippen molar-refractivity contribution in [2.75, 3.05) is 19.6 Å². The van der Waals surface area contributed by atoms with Crippen LogP contribution < -0.4 is 21.3 Å². The first kappa shape index (κ1) is 29.2. The van der Waals surface area contributed by atoms with Gasteiger partial charge in [-0.2, -0.15) is 0 Å². The predicted molar refractivity (Wildman–Crippen MR) is 145 cm³/mol. The van der Waals surface area contributed by atoms with E-state index in [1.807, 2.05) is 56.0 Å². The number of carbonyl (C=O) groups excluding carboxylic acids is 4. The summed E-state index contributed by atoms with van der Waals surface area (Å²) in [6.45, 7) is 5.98. The Balaban J connectivity index is 1.64. The lowest BCUT2D eigenvalue weighted by Crippen LogP contribution is -2.53. The Bertz CT molecular complexity index is 1180. The van der Waals surface area contributed by atoms with E-state index in [1.54, 1.807) is 0 Å². The second-order valence-electron chi connectivity index (χ2n) is 10.8. The molecule has 1 saturated heterocycles. The summed E-state index contributed by atoms with van der Waals surface area (Å²) < 4.78 is 6.15. The molecule has 4 N–H and O–H groups in total. The van der Waals surface area contributed by atoms with E-state index in [0.29, 0.717) is 38.1 Å². The predicted octanol–water partition coefficient (Wildman–Crippen LogP) is 1.16. The summed E-state index contributed by atoms with van der Waals surface area (Å²) >= 11 is 0. The molecule has 12 heteroatoms. The molecule has 2 aliphatic heterocycles. The number of benzene rings is 1. The quantitative estimate of drug-likeness (QED) is 0.429. The monoisotopic (exact) mass is 553 g/mol. The van der Waals surface area contributed by atoms with Gasteiger partial charge in [-0.1, -0.05) is 51.1 Å². The van der Waals surface area contributed by atoms with Crippen LogP contribution in [0.1, 0.15) is 75.9 Å². The molecule has 0 spiro atoms. The van der Waals surface area contributed by atoms with Gasteiger partial charge in [-0.05, 0) is 43.7 Å². The molecule has 1 aromatic carbocycles. The van der Waals surface area contributed by atoms with Gasteiger partial charge >= 0.3 is 0 Å². The molecule has 216 valence electrons. The van der Waals surface area contributed by atoms with Crippen molar-refractivity contribution in [2.45, 2.75) is 77.0 Å². The number of hydrogen-bond acceptors (Lipinski definition) is 8. The fraction of sp³-hybridized carbons (Fsp3) is 0.571. The number of rotatable bonds is 5. The lowest BCUT2D eigenvalue weighted by Gasteiger charge is -2.29. The van der Waals surface area contributed by atoms with Crippen LogP contribution in [0.3, 0.4) is 0 Å². The van der Waals surface area contributed by atoms with Crippen LogP contribution in [-0.4, -0.2) is 70.4 Å². The van der Waals surface area contributed by atoms with E-state index in [2.05, 4.69) is 31.5 Å². The van der Waals surface area contributed by atoms with Crippen molar-refractivity contribution in [3.63, 3.8) is 0 Å². The minimum Gasteiger partial charge on any atom is -0.421 e. The van der Waals surface area contributed by atoms with E-state index in [0.717, 1.165) is 12.0 Å². The number of aromatic nitrogens is 2. The molecule has 4 rings (SSSR count). The molecule has 4 amide bonds. The Kier molecular flexibility index (Phi) is 9.86. The van der Waals surface area contributed by atoms with Gasteiger partial charge in [-0.25, -0.2) is 0 Å². The van der Waals surface area contributed by atoms with Gasteiger partial charge in [0.1, 0.15) is 12.1 Å². The van der Waals surface area contributed by atoms with Crippen LogP contribution in [0.25, 0.3) is 0 Å². The van der Waals surface area contributed by atoms with Gasteiger partial charge in [0.05, 0.1) is 25.2 Å². The molecule has 1 fully saturated rings. The van der Waals surface area contributed by atoms with Crippen LogP contribution in [0, 0.1) is 5.92 Å². The minimum atomic E-state index is -0.845. The van der Waals surface area contributed by atoms with Crippen LogP contribution in [0.15, 0.2) is 34.7 Å². The normalized spacial score (nSPS) is 25.3. The molecule has 2 aromatic rings. The SMILES string of the molecule is CC[C@H]1c2nnc(o2)[C@H](Cc2ccccc2)NC(=O)CNC(=O)[C@H](CC(C)C)NC(=O)CNC(=O)[C@@H]2CCCN21. The Labute approximate surface area is 234 Å². The van der Waals surface area contributed by atoms with Crippen LogP contribution in [0.2, 0.25) is 0 Å². The maximum absolute atomic E-state index is 13.1. The molecule has 2 bridgehead atoms. The summed E-state index contributed by atoms with van der Waals surface area (Å²) in [5, 5.41) is 19.6. The molecule has 3 heterocycles. The van der Waals surface area contributed by atoms with Gasteiger partial charge in [0.25, 0.3) is 0 Å². The summed E-state index contributed by atoms with van der Waals surface area (Å²) in [4.78, 5) is 53.8. The number of amides is 4. The van der Waals surface area contributed by atoms with E-state index in [-0.39, 0.29) is 36.8 Å². The summed E-state index contributed by atoms with van der Waals surface area (Å²) in [7, 11) is 0. The van der Waals surface area contributed by atoms with Gasteiger partial charge in [0.2, 0.25) is 35.4 Å². The minimum absolute atomic E-state index is 0.109. The zero-order chi connectivity index (χ0) is 28.6. The van der Waals surface area contributed by atoms with Crippen molar-refractivity contribution in [3.8, 4) is 0 Å². The molecule has 4 atom stereocenters. The molecule has 2 aliphatic rings. The van der Waals surface area contributed by atoms with Crippen molar-refractivity contribution in [1.29, 1.82) is 0 Å². The summed E-state index contributed by atoms with van der Waals surface area (Å²) in [6.07, 6.45) is 2.86. The number of nitrogens with one attached hydrogen (secondary N) is 4. The van der Waals surface area contributed by atoms with Crippen LogP contribution in [0.4, 0.5) is 0 Å². The fourth-order valence-corrected chi connectivity index (χ4v) is 5.34. The molecule has 0 unspecified atom stereocenters. The highest BCUT2D eigenvalue weighted by molar-refractivity contribution is 5.92. The maximum atomic E-state index is 13.1. The second-order valence-corrected chi connectivity index (χ2v) is 10.8. The molecule has 12 nitrogen and oxygen atoms in total. The van der Waals surface area contributed by atoms with E-state index in [9.17, 15) is 19.2 Å². The maximum Gasteiger partial charge on any atom is 0.243 e. The summed E-state index contributed by atoms with van der Waals surface area (Å²) in [5.74, 6) is -0.902. The number of fused-ring (bicyclic) bond motifs is 3. The smallest absolute Gasteiger partial charge is 0.243 e. The van der Waals surface area contributed by atoms with E-state index >= 15 is 0 Å². The lowest BCUT2D eigenvalue weighted by molar-refractivity contribution is -0.132. The van der Waals surface area contributed by atoms with Crippen molar-refractivity contribution < 1.29 is 23.6 Å². The molecule has 40 heavy (non-hydrogen) atoms. The van der Waals surface area contributed by atoms with Crippen LogP contribution in [0.5, 0.6) is 0 Å². The first-order valence-electron chi connectivity index (χ1n) is 14.0. The Morgan fingerprint density at radius 2 is 1.57 bits per heavy atom. The van der Waals surface area contributed by atoms with E-state index in [4.69, 9.17) is 4.42 Å². The second kappa shape index (κ2) is 13.5. The van der Waals surface area contributed by atoms with Gasteiger partial charge in [0.15, 0.2) is 0 Å². The van der Waals surface area contributed by atoms with Crippen molar-refractivity contribution in [1.82, 2.24) is 36.4 Å². The van der Waals surface area contributed by atoms with Crippen LogP contribution >= 0.6 is 0 Å². The van der Waals surface area contributed by atoms with E-state index < -0.39 is 35.8 Å². The average molecular weight is 554 g/mol. The van der Waals surface area contributed by atoms with Crippen molar-refractivity contribution >= 4 is 23.6 Å². The van der Waals surface area contributed by atoms with E-state index in [1.165, 1.54) is 0 Å². The standard InChI is InChI=1S/C28H39N7O5/c1-4-21-28-34-33-27(40-28)20(14-18-9-6-5-7-10-18)32-24(37)15-29-25(38)19(13-17(2)3)31-23(36)16-30-26(39)22-11-8-12-35(21)22/h5-7,9-10,17,19-22H,4,8,11-16H2,1-3H3,(H,29,38)(H,30,39)(H,31,36)(H,32,37)/t19-,20-,21-,22-/m0/s1. The Hall–Kier alpha value is -3.80. The van der Waals surface area contributed by atoms with Gasteiger partial charge in [-0.15, -0.1) is 10.2 Å². The highest BCUT2D eigenvalue weighted by Crippen LogP contribution is 2.32. The molecular weight excluding hydrogens is 514 g/mol. The molecular formula is C28H39N7O5. The highest BCUT2D eigenvalue weighted by atomic mass is 16.4. The topological polar surface area (TPSA) is 159 Å². The summed E-state index contributed by atoms with van der Waals surface area (Å²) in [6, 6.07) is 7.38. The van der Waals surface area contributed by atoms with Crippen LogP contribution in [-0.2, 0) is 25.6 Å². The van der Waals surface area contributed by atoms with Gasteiger partial charge in [-0.3, -0.25) is 24.1 Å². The number of hydrogen-bond donors (Lipinski definition) is 4. The number of nitrogens with zero attached hydrogens (tertiary/aromatic N) is 3. The first-order valence-corrected chi connectivity index (χ1v) is 14.0. The molecule has 1 aromatic heterocycles. The highest BCUT2D eigenvalue weighted by Gasteiger charge is 2.38. The first-order chi connectivity index (χ1) is 19.2. The molecule has 0 saturated carbocycles. The molecule has 0 radical (unpaired) electrons. The third-order valence-corrected chi connectivity index (χ3v) is 7.25. The zero-order valence-corrected chi connectivity index (χ0v) is 23.3. The largest absolute Gasteiger partial charge is 0.421 e. The lowest BCUT2D eigenvalue weighted by atomic mass is 10.0. The van der Waals surface area contributed by atoms with Crippen molar-refractivity contribution in [2.24, 2.45) is 5.92 Å². The summed E-state index contributed by atoms with van der Waals surface area (Å²) in [5.41, 5.74) is 0.960. The third-order valence-electron chi connectivity index (χ3n) is 7.25. The average Bonchev–Trinajstić information content (AvgIpc) is 3.61. The number of carbonyl (C=O) groups is 4. The van der Waals surface area contributed by atoms with Gasteiger partial charge < -0.3 is 25.7 Å². The molecule has 0 aliphatic carbocycles. The zero-order valence-electron chi connectivity index (χ0n) is 23.3. The Morgan fingerprint density at radius 3 is 2.25 bits per heavy atom. The third kappa shape index (κ3) is 7.44. The van der Waals surface area contributed by atoms with Gasteiger partial charge in [0, 0.05) is 6.42 Å².